The van der Waals surface area contributed by atoms with Gasteiger partial charge in [0.05, 0.1) is 11.0 Å². The molecule has 3 heteroatoms. The molecule has 1 heterocycles. The second-order valence-electron chi connectivity index (χ2n) is 4.36. The van der Waals surface area contributed by atoms with Crippen LogP contribution in [-0.4, -0.2) is 15.1 Å². The van der Waals surface area contributed by atoms with Crippen LogP contribution in [0.2, 0.25) is 0 Å². The average molecular weight is 250 g/mol. The Morgan fingerprint density at radius 1 is 1.00 bits per heavy atom. The molecule has 1 aromatic heterocycles. The van der Waals surface area contributed by atoms with Crippen molar-refractivity contribution in [3.63, 3.8) is 0 Å². The molecule has 0 aliphatic heterocycles. The van der Waals surface area contributed by atoms with E-state index in [-0.39, 0.29) is 6.61 Å². The summed E-state index contributed by atoms with van der Waals surface area (Å²) in [6.07, 6.45) is 4.14. The number of aromatic amines is 1. The van der Waals surface area contributed by atoms with Crippen LogP contribution in [0.25, 0.3) is 23.2 Å². The number of nitrogens with one attached hydrogen (secondary N) is 1. The quantitative estimate of drug-likeness (QED) is 0.701. The zero-order chi connectivity index (χ0) is 13.1. The second-order valence-corrected chi connectivity index (χ2v) is 4.36. The summed E-state index contributed by atoms with van der Waals surface area (Å²) in [7, 11) is 0. The molecule has 3 nitrogen and oxygen atoms in total. The summed E-state index contributed by atoms with van der Waals surface area (Å²) in [5.74, 6) is 0.596. The molecule has 0 bridgehead atoms. The van der Waals surface area contributed by atoms with Crippen LogP contribution in [0.4, 0.5) is 0 Å². The van der Waals surface area contributed by atoms with Gasteiger partial charge in [-0.15, -0.1) is 0 Å². The highest BCUT2D eigenvalue weighted by molar-refractivity contribution is 5.80. The third-order valence-corrected chi connectivity index (χ3v) is 2.97. The average Bonchev–Trinajstić information content (AvgIpc) is 2.88. The SMILES string of the molecule is OCc1nc2ccc(/C=C/c3ccccc3)cc2[nH]1. The van der Waals surface area contributed by atoms with E-state index in [0.717, 1.165) is 16.6 Å². The number of aliphatic hydroxyl groups excluding tert-OH is 1. The van der Waals surface area contributed by atoms with Crippen LogP contribution in [0.1, 0.15) is 17.0 Å². The minimum Gasteiger partial charge on any atom is -0.388 e. The molecule has 3 rings (SSSR count). The first-order chi connectivity index (χ1) is 9.35. The number of benzene rings is 2. The molecule has 0 radical (unpaired) electrons. The Balaban J connectivity index is 1.91. The summed E-state index contributed by atoms with van der Waals surface area (Å²) in [5, 5.41) is 9.05. The van der Waals surface area contributed by atoms with Crippen molar-refractivity contribution in [2.45, 2.75) is 6.61 Å². The van der Waals surface area contributed by atoms with Crippen molar-refractivity contribution in [3.05, 3.63) is 65.5 Å². The third kappa shape index (κ3) is 2.56. The van der Waals surface area contributed by atoms with Crippen molar-refractivity contribution in [1.29, 1.82) is 0 Å². The van der Waals surface area contributed by atoms with E-state index < -0.39 is 0 Å². The van der Waals surface area contributed by atoms with E-state index in [1.807, 2.05) is 36.4 Å². The van der Waals surface area contributed by atoms with Crippen LogP contribution in [0.15, 0.2) is 48.5 Å². The fraction of sp³-hybridized carbons (Fsp3) is 0.0625. The summed E-state index contributed by atoms with van der Waals surface area (Å²) in [5.41, 5.74) is 4.09. The summed E-state index contributed by atoms with van der Waals surface area (Å²) in [6, 6.07) is 16.2. The Morgan fingerprint density at radius 2 is 1.79 bits per heavy atom. The number of imidazole rings is 1. The fourth-order valence-corrected chi connectivity index (χ4v) is 2.02. The monoisotopic (exact) mass is 250 g/mol. The zero-order valence-corrected chi connectivity index (χ0v) is 10.4. The van der Waals surface area contributed by atoms with Crippen molar-refractivity contribution in [2.24, 2.45) is 0 Å². The van der Waals surface area contributed by atoms with Crippen LogP contribution < -0.4 is 0 Å². The van der Waals surface area contributed by atoms with Gasteiger partial charge in [-0.2, -0.15) is 0 Å². The van der Waals surface area contributed by atoms with Crippen LogP contribution in [0.3, 0.4) is 0 Å². The predicted molar refractivity (Wildman–Crippen MR) is 77.4 cm³/mol. The zero-order valence-electron chi connectivity index (χ0n) is 10.4. The lowest BCUT2D eigenvalue weighted by molar-refractivity contribution is 0.273. The largest absolute Gasteiger partial charge is 0.388 e. The third-order valence-electron chi connectivity index (χ3n) is 2.97. The smallest absolute Gasteiger partial charge is 0.133 e. The van der Waals surface area contributed by atoms with Crippen molar-refractivity contribution >= 4 is 23.2 Å². The molecule has 2 N–H and O–H groups in total. The molecule has 0 aliphatic rings. The predicted octanol–water partition coefficient (Wildman–Crippen LogP) is 3.23. The van der Waals surface area contributed by atoms with E-state index in [2.05, 4.69) is 34.3 Å². The first-order valence-electron chi connectivity index (χ1n) is 6.18. The molecule has 0 unspecified atom stereocenters. The summed E-state index contributed by atoms with van der Waals surface area (Å²) < 4.78 is 0. The lowest BCUT2D eigenvalue weighted by Gasteiger charge is -1.94. The number of nitrogens with zero attached hydrogens (tertiary/aromatic N) is 1. The second kappa shape index (κ2) is 5.08. The molecule has 0 amide bonds. The van der Waals surface area contributed by atoms with Crippen molar-refractivity contribution < 1.29 is 5.11 Å². The van der Waals surface area contributed by atoms with Gasteiger partial charge in [0.15, 0.2) is 0 Å². The number of hydrogen-bond acceptors (Lipinski definition) is 2. The number of aromatic nitrogens is 2. The summed E-state index contributed by atoms with van der Waals surface area (Å²) in [6.45, 7) is -0.0656. The van der Waals surface area contributed by atoms with Gasteiger partial charge < -0.3 is 10.1 Å². The number of fused-ring (bicyclic) bond motifs is 1. The van der Waals surface area contributed by atoms with E-state index >= 15 is 0 Å². The number of aliphatic hydroxyl groups is 1. The molecule has 94 valence electrons. The van der Waals surface area contributed by atoms with Crippen LogP contribution in [-0.2, 0) is 6.61 Å². The highest BCUT2D eigenvalue weighted by Crippen LogP contribution is 2.16. The van der Waals surface area contributed by atoms with Crippen molar-refractivity contribution in [1.82, 2.24) is 9.97 Å². The van der Waals surface area contributed by atoms with E-state index in [0.29, 0.717) is 5.82 Å². The van der Waals surface area contributed by atoms with E-state index in [1.54, 1.807) is 0 Å². The minimum absolute atomic E-state index is 0.0656. The van der Waals surface area contributed by atoms with Crippen LogP contribution >= 0.6 is 0 Å². The van der Waals surface area contributed by atoms with Gasteiger partial charge in [0.2, 0.25) is 0 Å². The Hall–Kier alpha value is -2.39. The minimum atomic E-state index is -0.0656. The molecule has 0 fully saturated rings. The Bertz CT molecular complexity index is 714. The van der Waals surface area contributed by atoms with Gasteiger partial charge in [-0.05, 0) is 23.3 Å². The lowest BCUT2D eigenvalue weighted by atomic mass is 10.1. The summed E-state index contributed by atoms with van der Waals surface area (Å²) >= 11 is 0. The molecule has 0 aliphatic carbocycles. The molecule has 0 atom stereocenters. The van der Waals surface area contributed by atoms with E-state index in [1.165, 1.54) is 5.56 Å². The van der Waals surface area contributed by atoms with Crippen molar-refractivity contribution in [3.8, 4) is 0 Å². The maximum atomic E-state index is 9.05. The topological polar surface area (TPSA) is 48.9 Å². The molecular weight excluding hydrogens is 236 g/mol. The van der Waals surface area contributed by atoms with Crippen LogP contribution in [0.5, 0.6) is 0 Å². The molecular formula is C16H14N2O. The van der Waals surface area contributed by atoms with E-state index in [4.69, 9.17) is 5.11 Å². The van der Waals surface area contributed by atoms with Gasteiger partial charge in [0.25, 0.3) is 0 Å². The molecule has 0 spiro atoms. The molecule has 19 heavy (non-hydrogen) atoms. The Labute approximate surface area is 111 Å². The van der Waals surface area contributed by atoms with Gasteiger partial charge in [0, 0.05) is 0 Å². The summed E-state index contributed by atoms with van der Waals surface area (Å²) in [4.78, 5) is 7.35. The van der Waals surface area contributed by atoms with Gasteiger partial charge in [-0.25, -0.2) is 4.98 Å². The number of hydrogen-bond donors (Lipinski definition) is 2. The molecule has 3 aromatic rings. The standard InChI is InChI=1S/C16H14N2O/c19-11-16-17-14-9-8-13(10-15(14)18-16)7-6-12-4-2-1-3-5-12/h1-10,19H,11H2,(H,17,18)/b7-6+. The molecule has 0 saturated carbocycles. The van der Waals surface area contributed by atoms with E-state index in [9.17, 15) is 0 Å². The van der Waals surface area contributed by atoms with Crippen LogP contribution in [0, 0.1) is 0 Å². The highest BCUT2D eigenvalue weighted by Gasteiger charge is 2.01. The molecule has 0 saturated heterocycles. The van der Waals surface area contributed by atoms with Gasteiger partial charge >= 0.3 is 0 Å². The fourth-order valence-electron chi connectivity index (χ4n) is 2.02. The maximum Gasteiger partial charge on any atom is 0.133 e. The highest BCUT2D eigenvalue weighted by atomic mass is 16.3. The van der Waals surface area contributed by atoms with Crippen molar-refractivity contribution in [2.75, 3.05) is 0 Å². The van der Waals surface area contributed by atoms with Gasteiger partial charge in [-0.3, -0.25) is 0 Å². The molecule has 2 aromatic carbocycles. The Morgan fingerprint density at radius 3 is 2.58 bits per heavy atom. The first-order valence-corrected chi connectivity index (χ1v) is 6.18. The Kier molecular flexibility index (Phi) is 3.12. The van der Waals surface area contributed by atoms with Gasteiger partial charge in [-0.1, -0.05) is 48.6 Å². The number of rotatable bonds is 3. The maximum absolute atomic E-state index is 9.05. The normalized spacial score (nSPS) is 11.4. The van der Waals surface area contributed by atoms with Gasteiger partial charge in [0.1, 0.15) is 12.4 Å². The first kappa shape index (κ1) is 11.7. The lowest BCUT2D eigenvalue weighted by Crippen LogP contribution is -1.83. The number of H-pyrrole nitrogens is 1.